The lowest BCUT2D eigenvalue weighted by Gasteiger charge is -2.27. The molecule has 0 fully saturated rings. The van der Waals surface area contributed by atoms with Crippen LogP contribution in [-0.4, -0.2) is 34.3 Å². The molecule has 1 N–H and O–H groups in total. The van der Waals surface area contributed by atoms with Crippen molar-refractivity contribution in [3.63, 3.8) is 0 Å². The van der Waals surface area contributed by atoms with Gasteiger partial charge < -0.3 is 4.74 Å². The summed E-state index contributed by atoms with van der Waals surface area (Å²) in [4.78, 5) is 28.6. The Morgan fingerprint density at radius 2 is 2.08 bits per heavy atom. The van der Waals surface area contributed by atoms with Gasteiger partial charge in [-0.3, -0.25) is 9.35 Å². The Morgan fingerprint density at radius 3 is 2.54 bits per heavy atom. The molecule has 1 amide bonds. The highest BCUT2D eigenvalue weighted by molar-refractivity contribution is 7.85. The molecule has 0 unspecified atom stereocenters. The number of ether oxygens (including phenoxy) is 1. The third-order valence-electron chi connectivity index (χ3n) is 3.01. The number of pyridine rings is 1. The minimum absolute atomic E-state index is 0.0512. The molecule has 2 rings (SSSR count). The highest BCUT2D eigenvalue weighted by atomic mass is 32.2. The van der Waals surface area contributed by atoms with Crippen molar-refractivity contribution in [2.24, 2.45) is 0 Å². The molecule has 2 aromatic heterocycles. The molecule has 26 heavy (non-hydrogen) atoms. The molecule has 2 aromatic rings. The highest BCUT2D eigenvalue weighted by Gasteiger charge is 2.25. The van der Waals surface area contributed by atoms with E-state index in [0.29, 0.717) is 5.69 Å². The van der Waals surface area contributed by atoms with Crippen molar-refractivity contribution in [2.75, 3.05) is 5.01 Å². The van der Waals surface area contributed by atoms with Crippen molar-refractivity contribution in [1.29, 1.82) is 0 Å². The van der Waals surface area contributed by atoms with E-state index in [9.17, 15) is 18.0 Å². The number of nitrogens with zero attached hydrogens (tertiary/aromatic N) is 3. The smallest absolute Gasteiger partial charge is 0.430 e. The van der Waals surface area contributed by atoms with Gasteiger partial charge in [0.2, 0.25) is 0 Å². The van der Waals surface area contributed by atoms with E-state index >= 15 is 0 Å². The van der Waals surface area contributed by atoms with Crippen LogP contribution in [0.15, 0.2) is 33.4 Å². The lowest BCUT2D eigenvalue weighted by molar-refractivity contribution is 0.0531. The monoisotopic (exact) mass is 401 g/mol. The number of thiazole rings is 1. The van der Waals surface area contributed by atoms with Crippen molar-refractivity contribution in [3.05, 3.63) is 44.8 Å². The minimum atomic E-state index is -4.53. The van der Waals surface area contributed by atoms with Crippen molar-refractivity contribution < 1.29 is 22.5 Å². The SMILES string of the molecule is Cc1nc(CN(C(=O)OC(C)(C)C)n2ccc(S(=O)(=O)O)cc2=O)cs1. The van der Waals surface area contributed by atoms with E-state index in [-0.39, 0.29) is 6.54 Å². The number of carbonyl (C=O) groups is 1. The Bertz CT molecular complexity index is 972. The van der Waals surface area contributed by atoms with Crippen LogP contribution in [0.3, 0.4) is 0 Å². The molecule has 0 aliphatic heterocycles. The Kier molecular flexibility index (Phi) is 5.54. The van der Waals surface area contributed by atoms with Crippen molar-refractivity contribution in [1.82, 2.24) is 9.66 Å². The van der Waals surface area contributed by atoms with Crippen LogP contribution in [0.5, 0.6) is 0 Å². The maximum absolute atomic E-state index is 12.6. The molecule has 0 saturated heterocycles. The zero-order valence-corrected chi connectivity index (χ0v) is 16.3. The topological polar surface area (TPSA) is 119 Å². The van der Waals surface area contributed by atoms with E-state index in [1.165, 1.54) is 11.3 Å². The van der Waals surface area contributed by atoms with E-state index in [1.54, 1.807) is 33.1 Å². The van der Waals surface area contributed by atoms with Crippen LogP contribution in [0.4, 0.5) is 4.79 Å². The number of aromatic nitrogens is 2. The molecule has 9 nitrogen and oxygen atoms in total. The van der Waals surface area contributed by atoms with Crippen LogP contribution in [-0.2, 0) is 21.4 Å². The third kappa shape index (κ3) is 5.13. The minimum Gasteiger partial charge on any atom is -0.442 e. The molecule has 0 aliphatic rings. The van der Waals surface area contributed by atoms with Gasteiger partial charge in [-0.05, 0) is 33.8 Å². The first kappa shape index (κ1) is 20.1. The van der Waals surface area contributed by atoms with E-state index in [1.807, 2.05) is 0 Å². The largest absolute Gasteiger partial charge is 0.442 e. The van der Waals surface area contributed by atoms with E-state index < -0.39 is 32.3 Å². The number of carbonyl (C=O) groups excluding carboxylic acids is 1. The lowest BCUT2D eigenvalue weighted by atomic mass is 10.2. The van der Waals surface area contributed by atoms with Crippen LogP contribution in [0.1, 0.15) is 31.5 Å². The van der Waals surface area contributed by atoms with Gasteiger partial charge in [0.25, 0.3) is 15.7 Å². The highest BCUT2D eigenvalue weighted by Crippen LogP contribution is 2.14. The summed E-state index contributed by atoms with van der Waals surface area (Å²) in [5.41, 5.74) is -1.08. The fourth-order valence-electron chi connectivity index (χ4n) is 1.99. The Morgan fingerprint density at radius 1 is 1.42 bits per heavy atom. The molecule has 142 valence electrons. The molecule has 0 spiro atoms. The van der Waals surface area contributed by atoms with E-state index in [2.05, 4.69) is 4.98 Å². The summed E-state index contributed by atoms with van der Waals surface area (Å²) in [7, 11) is -4.53. The number of amides is 1. The van der Waals surface area contributed by atoms with Crippen LogP contribution < -0.4 is 10.6 Å². The second-order valence-electron chi connectivity index (χ2n) is 6.42. The van der Waals surface area contributed by atoms with Gasteiger partial charge in [0, 0.05) is 17.6 Å². The molecule has 11 heteroatoms. The Balaban J connectivity index is 2.46. The molecule has 0 saturated carbocycles. The van der Waals surface area contributed by atoms with Gasteiger partial charge in [-0.2, -0.15) is 8.42 Å². The molecule has 0 aliphatic carbocycles. The molecule has 2 heterocycles. The first-order valence-corrected chi connectivity index (χ1v) is 9.81. The predicted molar refractivity (Wildman–Crippen MR) is 95.5 cm³/mol. The molecule has 0 atom stereocenters. The summed E-state index contributed by atoms with van der Waals surface area (Å²) in [6.07, 6.45) is 0.277. The van der Waals surface area contributed by atoms with Gasteiger partial charge in [0.05, 0.1) is 17.2 Å². The summed E-state index contributed by atoms with van der Waals surface area (Å²) < 4.78 is 37.6. The van der Waals surface area contributed by atoms with Crippen LogP contribution in [0.25, 0.3) is 0 Å². The van der Waals surface area contributed by atoms with Crippen LogP contribution >= 0.6 is 11.3 Å². The van der Waals surface area contributed by atoms with Gasteiger partial charge in [-0.25, -0.2) is 19.5 Å². The molecular formula is C15H19N3O6S2. The standard InChI is InChI=1S/C15H19N3O6S2/c1-10-16-11(9-25-10)8-18(14(20)24-15(2,3)4)17-6-5-12(7-13(17)19)26(21,22)23/h5-7,9H,8H2,1-4H3,(H,21,22,23). The Labute approximate surface area is 154 Å². The normalized spacial score (nSPS) is 12.0. The first-order chi connectivity index (χ1) is 11.9. The van der Waals surface area contributed by atoms with Crippen molar-refractivity contribution in [2.45, 2.75) is 44.7 Å². The lowest BCUT2D eigenvalue weighted by Crippen LogP contribution is -2.48. The van der Waals surface area contributed by atoms with E-state index in [0.717, 1.165) is 33.0 Å². The quantitative estimate of drug-likeness (QED) is 0.778. The zero-order valence-electron chi connectivity index (χ0n) is 14.7. The second kappa shape index (κ2) is 7.17. The second-order valence-corrected chi connectivity index (χ2v) is 8.90. The van der Waals surface area contributed by atoms with Gasteiger partial charge >= 0.3 is 6.09 Å². The summed E-state index contributed by atoms with van der Waals surface area (Å²) in [5, 5.41) is 3.54. The number of hydrogen-bond acceptors (Lipinski definition) is 7. The maximum atomic E-state index is 12.6. The average molecular weight is 401 g/mol. The summed E-state index contributed by atoms with van der Waals surface area (Å²) in [6, 6.07) is 1.74. The Hall–Kier alpha value is -2.24. The van der Waals surface area contributed by atoms with Crippen LogP contribution in [0, 0.1) is 6.92 Å². The van der Waals surface area contributed by atoms with Crippen molar-refractivity contribution in [3.8, 4) is 0 Å². The van der Waals surface area contributed by atoms with Crippen molar-refractivity contribution >= 4 is 27.5 Å². The zero-order chi connectivity index (χ0) is 19.7. The third-order valence-corrected chi connectivity index (χ3v) is 4.68. The summed E-state index contributed by atoms with van der Waals surface area (Å²) in [5.74, 6) is 0. The van der Waals surface area contributed by atoms with Gasteiger partial charge in [0.15, 0.2) is 0 Å². The molecule has 0 aromatic carbocycles. The maximum Gasteiger partial charge on any atom is 0.430 e. The molecule has 0 radical (unpaired) electrons. The summed E-state index contributed by atoms with van der Waals surface area (Å²) >= 11 is 1.39. The predicted octanol–water partition coefficient (Wildman–Crippen LogP) is 1.93. The van der Waals surface area contributed by atoms with E-state index in [4.69, 9.17) is 9.29 Å². The van der Waals surface area contributed by atoms with Gasteiger partial charge in [-0.1, -0.05) is 0 Å². The fraction of sp³-hybridized carbons (Fsp3) is 0.400. The molecular weight excluding hydrogens is 382 g/mol. The molecule has 0 bridgehead atoms. The fourth-order valence-corrected chi connectivity index (χ4v) is 3.08. The van der Waals surface area contributed by atoms with Crippen LogP contribution in [0.2, 0.25) is 0 Å². The summed E-state index contributed by atoms with van der Waals surface area (Å²) in [6.45, 7) is 6.80. The number of aryl methyl sites for hydroxylation is 1. The first-order valence-electron chi connectivity index (χ1n) is 7.49. The number of rotatable bonds is 4. The average Bonchev–Trinajstić information content (AvgIpc) is 2.87. The van der Waals surface area contributed by atoms with Gasteiger partial charge in [-0.15, -0.1) is 11.3 Å². The van der Waals surface area contributed by atoms with Gasteiger partial charge in [0.1, 0.15) is 10.5 Å². The number of hydrogen-bond donors (Lipinski definition) is 1.